The highest BCUT2D eigenvalue weighted by atomic mass is 15.1. The van der Waals surface area contributed by atoms with Crippen molar-refractivity contribution >= 4 is 22.3 Å². The van der Waals surface area contributed by atoms with E-state index in [9.17, 15) is 0 Å². The molecule has 270 valence electrons. The second kappa shape index (κ2) is 13.5. The Bertz CT molecular complexity index is 2870. The van der Waals surface area contributed by atoms with Gasteiger partial charge in [-0.3, -0.25) is 0 Å². The molecule has 0 fully saturated rings. The van der Waals surface area contributed by atoms with Gasteiger partial charge in [-0.05, 0) is 117 Å². The van der Waals surface area contributed by atoms with Gasteiger partial charge in [-0.15, -0.1) is 0 Å². The van der Waals surface area contributed by atoms with E-state index in [-0.39, 0.29) is 0 Å². The fourth-order valence-corrected chi connectivity index (χ4v) is 9.56. The van der Waals surface area contributed by atoms with E-state index in [1.165, 1.54) is 66.7 Å². The number of benzene rings is 7. The third kappa shape index (κ3) is 5.40. The van der Waals surface area contributed by atoms with Gasteiger partial charge in [0.25, 0.3) is 0 Å². The average Bonchev–Trinajstić information content (AvgIpc) is 3.84. The van der Waals surface area contributed by atoms with Crippen molar-refractivity contribution in [2.45, 2.75) is 11.8 Å². The summed E-state index contributed by atoms with van der Waals surface area (Å²) in [7, 11) is 0. The smallest absolute Gasteiger partial charge is 0.0715 e. The minimum atomic E-state index is -0.563. The summed E-state index contributed by atoms with van der Waals surface area (Å²) in [4.78, 5) is 2.44. The van der Waals surface area contributed by atoms with E-state index in [1.807, 2.05) is 0 Å². The minimum Gasteiger partial charge on any atom is -0.317 e. The first-order valence-electron chi connectivity index (χ1n) is 19.9. The van der Waals surface area contributed by atoms with Crippen LogP contribution in [0.15, 0.2) is 236 Å². The van der Waals surface area contributed by atoms with E-state index in [4.69, 9.17) is 0 Å². The molecule has 7 aromatic carbocycles. The van der Waals surface area contributed by atoms with Crippen molar-refractivity contribution in [3.8, 4) is 27.9 Å². The molecule has 0 N–H and O–H groups in total. The Hall–Kier alpha value is -7.16. The van der Waals surface area contributed by atoms with Gasteiger partial charge in [0.05, 0.1) is 10.9 Å². The predicted octanol–water partition coefficient (Wildman–Crippen LogP) is 13.8. The maximum atomic E-state index is 2.47. The summed E-state index contributed by atoms with van der Waals surface area (Å²) in [6.07, 6.45) is 16.9. The molecular weight excluding hydrogens is 689 g/mol. The fraction of sp³-hybridized carbons (Fsp3) is 0.0545. The molecule has 0 amide bonds. The number of allylic oxidation sites excluding steroid dienone is 7. The van der Waals surface area contributed by atoms with Crippen molar-refractivity contribution in [3.63, 3.8) is 0 Å². The molecule has 0 bridgehead atoms. The van der Waals surface area contributed by atoms with Crippen LogP contribution in [0.25, 0.3) is 38.8 Å². The zero-order chi connectivity index (χ0) is 37.8. The van der Waals surface area contributed by atoms with Gasteiger partial charge in [-0.25, -0.2) is 0 Å². The number of aromatic nitrogens is 1. The number of fused-ring (bicyclic) bond motifs is 5. The molecule has 8 aromatic rings. The Balaban J connectivity index is 1.12. The van der Waals surface area contributed by atoms with Crippen molar-refractivity contribution < 1.29 is 0 Å². The molecule has 2 nitrogen and oxygen atoms in total. The molecule has 11 rings (SSSR count). The third-order valence-corrected chi connectivity index (χ3v) is 12.2. The van der Waals surface area contributed by atoms with Crippen LogP contribution >= 0.6 is 0 Å². The topological polar surface area (TPSA) is 8.17 Å². The van der Waals surface area contributed by atoms with Crippen LogP contribution in [0.5, 0.6) is 0 Å². The molecule has 0 saturated carbocycles. The predicted molar refractivity (Wildman–Crippen MR) is 237 cm³/mol. The van der Waals surface area contributed by atoms with Crippen molar-refractivity contribution in [2.24, 2.45) is 5.92 Å². The first-order valence-corrected chi connectivity index (χ1v) is 19.9. The lowest BCUT2D eigenvalue weighted by Gasteiger charge is -2.35. The first kappa shape index (κ1) is 33.2. The van der Waals surface area contributed by atoms with E-state index in [0.29, 0.717) is 5.92 Å². The summed E-state index contributed by atoms with van der Waals surface area (Å²) in [5, 5.41) is 1.22. The number of hydrogen-bond acceptors (Lipinski definition) is 1. The molecule has 1 aromatic heterocycles. The van der Waals surface area contributed by atoms with Crippen LogP contribution in [0, 0.1) is 5.92 Å². The molecule has 1 heterocycles. The maximum absolute atomic E-state index is 2.47. The van der Waals surface area contributed by atoms with E-state index < -0.39 is 5.41 Å². The van der Waals surface area contributed by atoms with Gasteiger partial charge < -0.3 is 9.47 Å². The normalized spacial score (nSPS) is 16.0. The lowest BCUT2D eigenvalue weighted by Crippen LogP contribution is -2.29. The standard InChI is InChI=1S/C55H40N2/c1-5-15-39(16-6-1)42-26-32-54-43(35-42)33-34-56(54)47-28-30-50-51-31-29-49(57(46-23-11-4-12-24-46)48-27-25-40-17-13-14-18-41(40)36-48)38-53(51)55(52(50)37-47,44-19-7-2-8-20-44)45-21-9-3-10-22-45/h1-24,26-38,40H,25H2. The summed E-state index contributed by atoms with van der Waals surface area (Å²) < 4.78 is 2.35. The van der Waals surface area contributed by atoms with Gasteiger partial charge in [0.15, 0.2) is 0 Å². The van der Waals surface area contributed by atoms with Gasteiger partial charge in [-0.2, -0.15) is 0 Å². The van der Waals surface area contributed by atoms with Crippen LogP contribution in [-0.2, 0) is 5.41 Å². The number of anilines is 2. The molecule has 2 heteroatoms. The number of para-hydroxylation sites is 1. The Morgan fingerprint density at radius 1 is 0.544 bits per heavy atom. The molecule has 0 saturated heterocycles. The van der Waals surface area contributed by atoms with Crippen molar-refractivity contribution in [1.82, 2.24) is 4.57 Å². The Morgan fingerprint density at radius 3 is 1.95 bits per heavy atom. The maximum Gasteiger partial charge on any atom is 0.0715 e. The van der Waals surface area contributed by atoms with Crippen LogP contribution in [0.1, 0.15) is 28.7 Å². The SMILES string of the molecule is C1=CC2=CC(N(c3ccccc3)c3ccc4c(c3)C(c3ccccc3)(c3ccccc3)c3cc(-n5ccc6cc(-c7ccccc7)ccc65)ccc3-4)=CCC2C=C1. The minimum absolute atomic E-state index is 0.423. The quantitative estimate of drug-likeness (QED) is 0.159. The molecule has 3 aliphatic rings. The molecule has 0 spiro atoms. The number of nitrogens with zero attached hydrogens (tertiary/aromatic N) is 2. The first-order chi connectivity index (χ1) is 28.3. The highest BCUT2D eigenvalue weighted by Crippen LogP contribution is 2.57. The number of rotatable bonds is 7. The van der Waals surface area contributed by atoms with Crippen LogP contribution in [0.4, 0.5) is 11.4 Å². The Kier molecular flexibility index (Phi) is 7.89. The lowest BCUT2D eigenvalue weighted by atomic mass is 9.67. The van der Waals surface area contributed by atoms with Gasteiger partial charge >= 0.3 is 0 Å². The monoisotopic (exact) mass is 728 g/mol. The van der Waals surface area contributed by atoms with Crippen molar-refractivity contribution in [1.29, 1.82) is 0 Å². The largest absolute Gasteiger partial charge is 0.317 e. The van der Waals surface area contributed by atoms with E-state index in [2.05, 4.69) is 234 Å². The van der Waals surface area contributed by atoms with Gasteiger partial charge in [0.1, 0.15) is 0 Å². The zero-order valence-electron chi connectivity index (χ0n) is 31.5. The third-order valence-electron chi connectivity index (χ3n) is 12.2. The van der Waals surface area contributed by atoms with E-state index in [0.717, 1.165) is 23.5 Å². The molecular formula is C55H40N2. The summed E-state index contributed by atoms with van der Waals surface area (Å²) >= 11 is 0. The molecule has 1 unspecified atom stereocenters. The van der Waals surface area contributed by atoms with Crippen LogP contribution in [0.3, 0.4) is 0 Å². The van der Waals surface area contributed by atoms with Crippen LogP contribution in [-0.4, -0.2) is 4.57 Å². The number of hydrogen-bond donors (Lipinski definition) is 0. The summed E-state index contributed by atoms with van der Waals surface area (Å²) in [5.41, 5.74) is 16.7. The zero-order valence-corrected chi connectivity index (χ0v) is 31.5. The van der Waals surface area contributed by atoms with Crippen molar-refractivity contribution in [3.05, 3.63) is 258 Å². The molecule has 1 atom stereocenters. The van der Waals surface area contributed by atoms with E-state index >= 15 is 0 Å². The van der Waals surface area contributed by atoms with Gasteiger partial charge in [0, 0.05) is 40.3 Å². The van der Waals surface area contributed by atoms with Crippen molar-refractivity contribution in [2.75, 3.05) is 4.90 Å². The Morgan fingerprint density at radius 2 is 1.21 bits per heavy atom. The molecule has 0 radical (unpaired) electrons. The average molecular weight is 729 g/mol. The van der Waals surface area contributed by atoms with Gasteiger partial charge in [0.2, 0.25) is 0 Å². The summed E-state index contributed by atoms with van der Waals surface area (Å²) in [6.45, 7) is 0. The highest BCUT2D eigenvalue weighted by molar-refractivity contribution is 5.91. The molecule has 0 aliphatic heterocycles. The fourth-order valence-electron chi connectivity index (χ4n) is 9.56. The Labute approximate surface area is 334 Å². The van der Waals surface area contributed by atoms with Crippen LogP contribution < -0.4 is 4.90 Å². The molecule has 3 aliphatic carbocycles. The van der Waals surface area contributed by atoms with E-state index in [1.54, 1.807) is 0 Å². The second-order valence-corrected chi connectivity index (χ2v) is 15.3. The highest BCUT2D eigenvalue weighted by Gasteiger charge is 2.46. The molecule has 57 heavy (non-hydrogen) atoms. The summed E-state index contributed by atoms with van der Waals surface area (Å²) in [5.74, 6) is 0.423. The lowest BCUT2D eigenvalue weighted by molar-refractivity contribution is 0.764. The van der Waals surface area contributed by atoms with Crippen LogP contribution in [0.2, 0.25) is 0 Å². The summed E-state index contributed by atoms with van der Waals surface area (Å²) in [6, 6.07) is 67.0. The van der Waals surface area contributed by atoms with Gasteiger partial charge in [-0.1, -0.05) is 158 Å². The second-order valence-electron chi connectivity index (χ2n) is 15.3.